The molecule has 1 aromatic heterocycles. The summed E-state index contributed by atoms with van der Waals surface area (Å²) in [6.45, 7) is 1.93. The molecule has 4 heteroatoms. The predicted molar refractivity (Wildman–Crippen MR) is 60.4 cm³/mol. The summed E-state index contributed by atoms with van der Waals surface area (Å²) in [6, 6.07) is 4.44. The highest BCUT2D eigenvalue weighted by atomic mass is 19.1. The van der Waals surface area contributed by atoms with Crippen LogP contribution in [0, 0.1) is 12.7 Å². The zero-order chi connectivity index (χ0) is 11.5. The van der Waals surface area contributed by atoms with Crippen LogP contribution in [-0.4, -0.2) is 9.97 Å². The molecular formula is C12H14FN3. The number of imidazole rings is 1. The Morgan fingerprint density at radius 1 is 1.50 bits per heavy atom. The number of hydrogen-bond donors (Lipinski definition) is 2. The summed E-state index contributed by atoms with van der Waals surface area (Å²) in [5.74, 6) is 0.562. The van der Waals surface area contributed by atoms with Crippen molar-refractivity contribution in [3.8, 4) is 0 Å². The molecule has 1 heterocycles. The average Bonchev–Trinajstić information content (AvgIpc) is 2.74. The first-order valence-electron chi connectivity index (χ1n) is 5.16. The van der Waals surface area contributed by atoms with Gasteiger partial charge in [-0.3, -0.25) is 0 Å². The van der Waals surface area contributed by atoms with Crippen molar-refractivity contribution in [1.82, 2.24) is 9.97 Å². The number of benzene rings is 1. The number of aromatic nitrogens is 2. The minimum atomic E-state index is -0.254. The van der Waals surface area contributed by atoms with Crippen LogP contribution in [0.25, 0.3) is 0 Å². The molecule has 84 valence electrons. The Balaban J connectivity index is 2.20. The molecule has 2 rings (SSSR count). The van der Waals surface area contributed by atoms with E-state index in [9.17, 15) is 4.39 Å². The molecule has 0 spiro atoms. The normalized spacial score (nSPS) is 12.7. The second kappa shape index (κ2) is 4.45. The van der Waals surface area contributed by atoms with Gasteiger partial charge in [-0.05, 0) is 30.2 Å². The third-order valence-electron chi connectivity index (χ3n) is 2.61. The Hall–Kier alpha value is -1.68. The van der Waals surface area contributed by atoms with Gasteiger partial charge < -0.3 is 10.7 Å². The van der Waals surface area contributed by atoms with Gasteiger partial charge in [0.1, 0.15) is 11.6 Å². The predicted octanol–water partition coefficient (Wildman–Crippen LogP) is 2.10. The van der Waals surface area contributed by atoms with Crippen LogP contribution in [0.15, 0.2) is 30.6 Å². The second-order valence-corrected chi connectivity index (χ2v) is 3.85. The smallest absolute Gasteiger partial charge is 0.123 e. The molecule has 2 aromatic rings. The highest BCUT2D eigenvalue weighted by molar-refractivity contribution is 5.29. The van der Waals surface area contributed by atoms with E-state index in [1.165, 1.54) is 12.1 Å². The Morgan fingerprint density at radius 3 is 3.00 bits per heavy atom. The van der Waals surface area contributed by atoms with E-state index >= 15 is 0 Å². The molecule has 3 nitrogen and oxygen atoms in total. The lowest BCUT2D eigenvalue weighted by Gasteiger charge is -2.13. The van der Waals surface area contributed by atoms with Gasteiger partial charge in [0.05, 0.1) is 0 Å². The van der Waals surface area contributed by atoms with Crippen LogP contribution in [0.5, 0.6) is 0 Å². The van der Waals surface area contributed by atoms with E-state index in [1.807, 2.05) is 6.92 Å². The van der Waals surface area contributed by atoms with Crippen LogP contribution in [0.3, 0.4) is 0 Å². The topological polar surface area (TPSA) is 54.7 Å². The first-order chi connectivity index (χ1) is 7.66. The summed E-state index contributed by atoms with van der Waals surface area (Å²) in [7, 11) is 0. The molecule has 1 aromatic carbocycles. The van der Waals surface area contributed by atoms with Crippen LogP contribution in [0.2, 0.25) is 0 Å². The molecule has 0 radical (unpaired) electrons. The van der Waals surface area contributed by atoms with Crippen molar-refractivity contribution in [1.29, 1.82) is 0 Å². The van der Waals surface area contributed by atoms with Gasteiger partial charge in [0, 0.05) is 24.9 Å². The van der Waals surface area contributed by atoms with Gasteiger partial charge in [0.25, 0.3) is 0 Å². The lowest BCUT2D eigenvalue weighted by atomic mass is 9.99. The van der Waals surface area contributed by atoms with Crippen molar-refractivity contribution in [3.05, 3.63) is 53.4 Å². The number of nitrogens with one attached hydrogen (secondary N) is 1. The monoisotopic (exact) mass is 219 g/mol. The molecule has 0 bridgehead atoms. The van der Waals surface area contributed by atoms with Crippen molar-refractivity contribution in [2.45, 2.75) is 19.4 Å². The fourth-order valence-corrected chi connectivity index (χ4v) is 1.74. The van der Waals surface area contributed by atoms with E-state index in [0.29, 0.717) is 6.42 Å². The lowest BCUT2D eigenvalue weighted by Crippen LogP contribution is -2.15. The fourth-order valence-electron chi connectivity index (χ4n) is 1.74. The van der Waals surface area contributed by atoms with Gasteiger partial charge in [-0.1, -0.05) is 6.07 Å². The number of aromatic amines is 1. The molecule has 0 fully saturated rings. The van der Waals surface area contributed by atoms with E-state index in [1.54, 1.807) is 18.5 Å². The van der Waals surface area contributed by atoms with E-state index in [0.717, 1.165) is 17.0 Å². The van der Waals surface area contributed by atoms with Crippen molar-refractivity contribution in [2.75, 3.05) is 0 Å². The van der Waals surface area contributed by atoms with Gasteiger partial charge >= 0.3 is 0 Å². The fraction of sp³-hybridized carbons (Fsp3) is 0.250. The summed E-state index contributed by atoms with van der Waals surface area (Å²) in [5, 5.41) is 0. The van der Waals surface area contributed by atoms with Gasteiger partial charge in [-0.2, -0.15) is 0 Å². The van der Waals surface area contributed by atoms with Crippen molar-refractivity contribution in [2.24, 2.45) is 5.73 Å². The molecule has 16 heavy (non-hydrogen) atoms. The standard InChI is InChI=1S/C12H14FN3/c1-8-2-3-9(13)6-10(8)11(14)7-12-15-4-5-16-12/h2-6,11H,7,14H2,1H3,(H,15,16). The Morgan fingerprint density at radius 2 is 2.31 bits per heavy atom. The maximum Gasteiger partial charge on any atom is 0.123 e. The summed E-state index contributed by atoms with van der Waals surface area (Å²) >= 11 is 0. The third kappa shape index (κ3) is 2.28. The van der Waals surface area contributed by atoms with Crippen LogP contribution in [0.1, 0.15) is 23.0 Å². The number of halogens is 1. The number of aryl methyl sites for hydroxylation is 1. The first-order valence-corrected chi connectivity index (χ1v) is 5.16. The number of nitrogens with zero attached hydrogens (tertiary/aromatic N) is 1. The van der Waals surface area contributed by atoms with Crippen LogP contribution in [-0.2, 0) is 6.42 Å². The molecule has 0 amide bonds. The van der Waals surface area contributed by atoms with Crippen LogP contribution in [0.4, 0.5) is 4.39 Å². The van der Waals surface area contributed by atoms with Crippen molar-refractivity contribution >= 4 is 0 Å². The van der Waals surface area contributed by atoms with E-state index < -0.39 is 0 Å². The van der Waals surface area contributed by atoms with Crippen molar-refractivity contribution in [3.63, 3.8) is 0 Å². The molecular weight excluding hydrogens is 205 g/mol. The Kier molecular flexibility index (Phi) is 3.01. The van der Waals surface area contributed by atoms with Gasteiger partial charge in [-0.15, -0.1) is 0 Å². The molecule has 3 N–H and O–H groups in total. The molecule has 0 aliphatic rings. The minimum absolute atomic E-state index is 0.234. The number of nitrogens with two attached hydrogens (primary N) is 1. The maximum atomic E-state index is 13.1. The molecule has 1 atom stereocenters. The summed E-state index contributed by atoms with van der Waals surface area (Å²) in [5.41, 5.74) is 7.86. The second-order valence-electron chi connectivity index (χ2n) is 3.85. The first kappa shape index (κ1) is 10.8. The maximum absolute atomic E-state index is 13.1. The van der Waals surface area contributed by atoms with E-state index in [4.69, 9.17) is 5.73 Å². The highest BCUT2D eigenvalue weighted by Gasteiger charge is 2.11. The highest BCUT2D eigenvalue weighted by Crippen LogP contribution is 2.19. The number of H-pyrrole nitrogens is 1. The zero-order valence-corrected chi connectivity index (χ0v) is 9.07. The van der Waals surface area contributed by atoms with E-state index in [-0.39, 0.29) is 11.9 Å². The van der Waals surface area contributed by atoms with Crippen LogP contribution < -0.4 is 5.73 Å². The van der Waals surface area contributed by atoms with Gasteiger partial charge in [0.2, 0.25) is 0 Å². The third-order valence-corrected chi connectivity index (χ3v) is 2.61. The molecule has 0 aliphatic carbocycles. The Labute approximate surface area is 93.5 Å². The number of hydrogen-bond acceptors (Lipinski definition) is 2. The SMILES string of the molecule is Cc1ccc(F)cc1C(N)Cc1ncc[nH]1. The molecule has 0 saturated carbocycles. The molecule has 0 saturated heterocycles. The summed E-state index contributed by atoms with van der Waals surface area (Å²) in [6.07, 6.45) is 4.01. The van der Waals surface area contributed by atoms with Crippen LogP contribution >= 0.6 is 0 Å². The molecule has 1 unspecified atom stereocenters. The zero-order valence-electron chi connectivity index (χ0n) is 9.07. The number of rotatable bonds is 3. The van der Waals surface area contributed by atoms with Crippen molar-refractivity contribution < 1.29 is 4.39 Å². The van der Waals surface area contributed by atoms with Gasteiger partial charge in [0.15, 0.2) is 0 Å². The lowest BCUT2D eigenvalue weighted by molar-refractivity contribution is 0.615. The van der Waals surface area contributed by atoms with E-state index in [2.05, 4.69) is 9.97 Å². The largest absolute Gasteiger partial charge is 0.349 e. The minimum Gasteiger partial charge on any atom is -0.349 e. The quantitative estimate of drug-likeness (QED) is 0.830. The molecule has 0 aliphatic heterocycles. The van der Waals surface area contributed by atoms with Gasteiger partial charge in [-0.25, -0.2) is 9.37 Å². The Bertz CT molecular complexity index is 465. The summed E-state index contributed by atoms with van der Waals surface area (Å²) < 4.78 is 13.1. The summed E-state index contributed by atoms with van der Waals surface area (Å²) in [4.78, 5) is 7.09. The average molecular weight is 219 g/mol.